The Kier molecular flexibility index (Phi) is 6.53. The Bertz CT molecular complexity index is 380. The smallest absolute Gasteiger partial charge is 0.224 e. The summed E-state index contributed by atoms with van der Waals surface area (Å²) in [5.74, 6) is 0.872. The van der Waals surface area contributed by atoms with E-state index in [1.807, 2.05) is 0 Å². The van der Waals surface area contributed by atoms with Crippen LogP contribution in [0.2, 0.25) is 0 Å². The van der Waals surface area contributed by atoms with E-state index in [1.165, 1.54) is 6.20 Å². The first-order chi connectivity index (χ1) is 9.12. The second-order valence-electron chi connectivity index (χ2n) is 4.83. The zero-order valence-corrected chi connectivity index (χ0v) is 12.3. The predicted molar refractivity (Wildman–Crippen MR) is 77.9 cm³/mol. The van der Waals surface area contributed by atoms with E-state index in [2.05, 4.69) is 48.3 Å². The second kappa shape index (κ2) is 7.92. The quantitative estimate of drug-likeness (QED) is 0.755. The third kappa shape index (κ3) is 4.65. The van der Waals surface area contributed by atoms with E-state index in [0.29, 0.717) is 11.9 Å². The topological polar surface area (TPSA) is 49.8 Å². The van der Waals surface area contributed by atoms with Crippen LogP contribution in [0.4, 0.5) is 16.2 Å². The summed E-state index contributed by atoms with van der Waals surface area (Å²) >= 11 is 0. The van der Waals surface area contributed by atoms with Crippen molar-refractivity contribution >= 4 is 11.8 Å². The van der Waals surface area contributed by atoms with E-state index < -0.39 is 5.82 Å². The van der Waals surface area contributed by atoms with Crippen LogP contribution in [0.5, 0.6) is 0 Å². The molecule has 0 saturated carbocycles. The number of rotatable bonds is 8. The molecule has 0 bridgehead atoms. The fourth-order valence-corrected chi connectivity index (χ4v) is 2.12. The molecule has 0 aromatic carbocycles. The van der Waals surface area contributed by atoms with Crippen LogP contribution in [0.15, 0.2) is 6.20 Å². The summed E-state index contributed by atoms with van der Waals surface area (Å²) in [5, 5.41) is 6.23. The molecule has 1 unspecified atom stereocenters. The molecule has 19 heavy (non-hydrogen) atoms. The summed E-state index contributed by atoms with van der Waals surface area (Å²) < 4.78 is 13.7. The summed E-state index contributed by atoms with van der Waals surface area (Å²) in [6.45, 7) is 9.21. The highest BCUT2D eigenvalue weighted by Crippen LogP contribution is 2.19. The minimum Gasteiger partial charge on any atom is -0.365 e. The highest BCUT2D eigenvalue weighted by atomic mass is 19.1. The molecule has 108 valence electrons. The van der Waals surface area contributed by atoms with Gasteiger partial charge in [-0.05, 0) is 19.3 Å². The van der Waals surface area contributed by atoms with Gasteiger partial charge in [-0.3, -0.25) is 0 Å². The maximum absolute atomic E-state index is 13.7. The largest absolute Gasteiger partial charge is 0.365 e. The summed E-state index contributed by atoms with van der Waals surface area (Å²) in [7, 11) is 0. The molecule has 0 spiro atoms. The number of halogens is 1. The Morgan fingerprint density at radius 2 is 1.95 bits per heavy atom. The summed E-state index contributed by atoms with van der Waals surface area (Å²) in [6.07, 6.45) is 4.33. The monoisotopic (exact) mass is 268 g/mol. The lowest BCUT2D eigenvalue weighted by molar-refractivity contribution is 0.435. The zero-order valence-electron chi connectivity index (χ0n) is 12.3. The zero-order chi connectivity index (χ0) is 14.3. The maximum Gasteiger partial charge on any atom is 0.224 e. The summed E-state index contributed by atoms with van der Waals surface area (Å²) in [4.78, 5) is 8.12. The number of anilines is 2. The van der Waals surface area contributed by atoms with Crippen LogP contribution in [0, 0.1) is 11.7 Å². The van der Waals surface area contributed by atoms with Crippen molar-refractivity contribution in [3.63, 3.8) is 0 Å². The molecule has 2 N–H and O–H groups in total. The number of aromatic nitrogens is 2. The highest BCUT2D eigenvalue weighted by Gasteiger charge is 2.16. The Hall–Kier alpha value is -1.39. The van der Waals surface area contributed by atoms with Crippen LogP contribution in [0.25, 0.3) is 0 Å². The SMILES string of the molecule is CCCNc1ncc(F)c(NC(C)C(CC)CC)n1. The van der Waals surface area contributed by atoms with Crippen molar-refractivity contribution in [2.45, 2.75) is 53.0 Å². The Morgan fingerprint density at radius 1 is 1.26 bits per heavy atom. The molecule has 4 nitrogen and oxygen atoms in total. The Labute approximate surface area is 115 Å². The van der Waals surface area contributed by atoms with E-state index in [1.54, 1.807) is 0 Å². The first-order valence-electron chi connectivity index (χ1n) is 7.15. The molecule has 1 rings (SSSR count). The average Bonchev–Trinajstić information content (AvgIpc) is 2.41. The van der Waals surface area contributed by atoms with E-state index in [9.17, 15) is 4.39 Å². The van der Waals surface area contributed by atoms with Gasteiger partial charge in [0.2, 0.25) is 5.95 Å². The lowest BCUT2D eigenvalue weighted by atomic mass is 9.95. The average molecular weight is 268 g/mol. The number of nitrogens with one attached hydrogen (secondary N) is 2. The molecule has 0 aliphatic rings. The third-order valence-corrected chi connectivity index (χ3v) is 3.40. The molecule has 5 heteroatoms. The molecule has 1 aromatic rings. The van der Waals surface area contributed by atoms with Crippen molar-refractivity contribution in [2.75, 3.05) is 17.2 Å². The van der Waals surface area contributed by atoms with Gasteiger partial charge < -0.3 is 10.6 Å². The van der Waals surface area contributed by atoms with Gasteiger partial charge in [0.05, 0.1) is 6.20 Å². The third-order valence-electron chi connectivity index (χ3n) is 3.40. The van der Waals surface area contributed by atoms with Crippen molar-refractivity contribution in [1.29, 1.82) is 0 Å². The van der Waals surface area contributed by atoms with Gasteiger partial charge in [-0.25, -0.2) is 9.37 Å². The van der Waals surface area contributed by atoms with Crippen LogP contribution >= 0.6 is 0 Å². The molecular formula is C14H25FN4. The van der Waals surface area contributed by atoms with Gasteiger partial charge in [-0.15, -0.1) is 0 Å². The van der Waals surface area contributed by atoms with Gasteiger partial charge >= 0.3 is 0 Å². The fourth-order valence-electron chi connectivity index (χ4n) is 2.12. The lowest BCUT2D eigenvalue weighted by Crippen LogP contribution is -2.26. The van der Waals surface area contributed by atoms with Crippen molar-refractivity contribution < 1.29 is 4.39 Å². The van der Waals surface area contributed by atoms with Crippen LogP contribution in [-0.4, -0.2) is 22.6 Å². The van der Waals surface area contributed by atoms with Crippen LogP contribution in [0.1, 0.15) is 47.0 Å². The predicted octanol–water partition coefficient (Wildman–Crippen LogP) is 3.67. The standard InChI is InChI=1S/C14H25FN4/c1-5-8-16-14-17-9-12(15)13(19-14)18-10(4)11(6-2)7-3/h9-11H,5-8H2,1-4H3,(H2,16,17,18,19). The first kappa shape index (κ1) is 15.7. The summed E-state index contributed by atoms with van der Waals surface area (Å²) in [6, 6.07) is 0.193. The normalized spacial score (nSPS) is 12.5. The van der Waals surface area contributed by atoms with E-state index in [4.69, 9.17) is 0 Å². The van der Waals surface area contributed by atoms with Crippen LogP contribution in [0.3, 0.4) is 0 Å². The van der Waals surface area contributed by atoms with E-state index in [-0.39, 0.29) is 11.9 Å². The molecule has 0 aliphatic heterocycles. The molecule has 0 saturated heterocycles. The Morgan fingerprint density at radius 3 is 2.53 bits per heavy atom. The van der Waals surface area contributed by atoms with Crippen molar-refractivity contribution in [2.24, 2.45) is 5.92 Å². The minimum absolute atomic E-state index is 0.193. The number of hydrogen-bond donors (Lipinski definition) is 2. The number of nitrogens with zero attached hydrogens (tertiary/aromatic N) is 2. The summed E-state index contributed by atoms with van der Waals surface area (Å²) in [5.41, 5.74) is 0. The molecule has 0 amide bonds. The van der Waals surface area contributed by atoms with Gasteiger partial charge in [0.1, 0.15) is 0 Å². The molecule has 0 radical (unpaired) electrons. The first-order valence-corrected chi connectivity index (χ1v) is 7.15. The van der Waals surface area contributed by atoms with Crippen LogP contribution < -0.4 is 10.6 Å². The lowest BCUT2D eigenvalue weighted by Gasteiger charge is -2.23. The molecule has 0 aliphatic carbocycles. The van der Waals surface area contributed by atoms with Gasteiger partial charge in [-0.1, -0.05) is 33.6 Å². The van der Waals surface area contributed by atoms with E-state index >= 15 is 0 Å². The highest BCUT2D eigenvalue weighted by molar-refractivity contribution is 5.41. The van der Waals surface area contributed by atoms with Crippen molar-refractivity contribution in [3.8, 4) is 0 Å². The second-order valence-corrected chi connectivity index (χ2v) is 4.83. The van der Waals surface area contributed by atoms with Gasteiger partial charge in [0, 0.05) is 12.6 Å². The minimum atomic E-state index is -0.403. The molecule has 1 atom stereocenters. The maximum atomic E-state index is 13.7. The molecular weight excluding hydrogens is 243 g/mol. The van der Waals surface area contributed by atoms with Crippen molar-refractivity contribution in [1.82, 2.24) is 9.97 Å². The van der Waals surface area contributed by atoms with Gasteiger partial charge in [-0.2, -0.15) is 4.98 Å². The van der Waals surface area contributed by atoms with Gasteiger partial charge in [0.25, 0.3) is 0 Å². The molecule has 1 heterocycles. The van der Waals surface area contributed by atoms with E-state index in [0.717, 1.165) is 25.8 Å². The Balaban J connectivity index is 2.75. The van der Waals surface area contributed by atoms with Crippen molar-refractivity contribution in [3.05, 3.63) is 12.0 Å². The van der Waals surface area contributed by atoms with Crippen LogP contribution in [-0.2, 0) is 0 Å². The molecule has 0 fully saturated rings. The molecule has 1 aromatic heterocycles. The fraction of sp³-hybridized carbons (Fsp3) is 0.714. The van der Waals surface area contributed by atoms with Gasteiger partial charge in [0.15, 0.2) is 11.6 Å². The number of hydrogen-bond acceptors (Lipinski definition) is 4.